The lowest BCUT2D eigenvalue weighted by atomic mass is 10.1. The number of hydrogen-bond donors (Lipinski definition) is 1. The van der Waals surface area contributed by atoms with Gasteiger partial charge >= 0.3 is 0 Å². The van der Waals surface area contributed by atoms with Gasteiger partial charge in [-0.1, -0.05) is 6.07 Å². The van der Waals surface area contributed by atoms with Crippen LogP contribution in [0, 0.1) is 5.82 Å². The van der Waals surface area contributed by atoms with E-state index in [1.54, 1.807) is 22.5 Å². The summed E-state index contributed by atoms with van der Waals surface area (Å²) in [5.74, 6) is 0.541. The van der Waals surface area contributed by atoms with E-state index in [9.17, 15) is 4.39 Å². The Morgan fingerprint density at radius 1 is 1.41 bits per heavy atom. The molecule has 0 fully saturated rings. The van der Waals surface area contributed by atoms with Crippen molar-refractivity contribution in [2.75, 3.05) is 0 Å². The highest BCUT2D eigenvalue weighted by atomic mass is 32.2. The van der Waals surface area contributed by atoms with Gasteiger partial charge in [-0.25, -0.2) is 4.39 Å². The zero-order chi connectivity index (χ0) is 12.3. The van der Waals surface area contributed by atoms with Crippen LogP contribution in [0.3, 0.4) is 0 Å². The predicted molar refractivity (Wildman–Crippen MR) is 67.1 cm³/mol. The average Bonchev–Trinajstić information content (AvgIpc) is 2.73. The van der Waals surface area contributed by atoms with Crippen LogP contribution in [0.1, 0.15) is 11.1 Å². The molecule has 2 rings (SSSR count). The number of hydrogen-bond acceptors (Lipinski definition) is 3. The minimum Gasteiger partial charge on any atom is -0.326 e. The van der Waals surface area contributed by atoms with Crippen molar-refractivity contribution in [3.63, 3.8) is 0 Å². The zero-order valence-electron chi connectivity index (χ0n) is 9.56. The molecule has 0 aliphatic carbocycles. The molecule has 0 amide bonds. The lowest BCUT2D eigenvalue weighted by Crippen LogP contribution is -2.01. The summed E-state index contributed by atoms with van der Waals surface area (Å²) in [6.45, 7) is 0.362. The molecular weight excluding hydrogens is 237 g/mol. The van der Waals surface area contributed by atoms with Gasteiger partial charge in [0.25, 0.3) is 0 Å². The fourth-order valence-corrected chi connectivity index (χ4v) is 2.51. The van der Waals surface area contributed by atoms with Gasteiger partial charge in [-0.3, -0.25) is 4.68 Å². The molecule has 0 bridgehead atoms. The van der Waals surface area contributed by atoms with Crippen molar-refractivity contribution in [2.45, 2.75) is 17.2 Å². The molecule has 3 nitrogen and oxygen atoms in total. The summed E-state index contributed by atoms with van der Waals surface area (Å²) in [5.41, 5.74) is 7.53. The van der Waals surface area contributed by atoms with Crippen LogP contribution in [0.2, 0.25) is 0 Å². The monoisotopic (exact) mass is 251 g/mol. The maximum atomic E-state index is 13.0. The van der Waals surface area contributed by atoms with Crippen molar-refractivity contribution in [3.8, 4) is 0 Å². The molecule has 0 aliphatic rings. The third-order valence-corrected chi connectivity index (χ3v) is 3.46. The van der Waals surface area contributed by atoms with E-state index >= 15 is 0 Å². The quantitative estimate of drug-likeness (QED) is 0.848. The highest BCUT2D eigenvalue weighted by molar-refractivity contribution is 7.98. The topological polar surface area (TPSA) is 43.8 Å². The fourth-order valence-electron chi connectivity index (χ4n) is 1.56. The number of thioether (sulfide) groups is 1. The summed E-state index contributed by atoms with van der Waals surface area (Å²) in [4.78, 5) is 1.10. The van der Waals surface area contributed by atoms with Gasteiger partial charge in [-0.2, -0.15) is 5.10 Å². The molecule has 0 unspecified atom stereocenters. The Labute approximate surface area is 104 Å². The van der Waals surface area contributed by atoms with Gasteiger partial charge in [-0.15, -0.1) is 11.8 Å². The Balaban J connectivity index is 2.08. The number of aromatic nitrogens is 2. The number of aryl methyl sites for hydroxylation is 1. The van der Waals surface area contributed by atoms with Gasteiger partial charge in [0.05, 0.1) is 6.20 Å². The van der Waals surface area contributed by atoms with Crippen LogP contribution >= 0.6 is 11.8 Å². The first-order valence-corrected chi connectivity index (χ1v) is 6.26. The van der Waals surface area contributed by atoms with E-state index in [1.807, 2.05) is 19.4 Å². The second-order valence-electron chi connectivity index (χ2n) is 3.76. The molecule has 0 saturated carbocycles. The van der Waals surface area contributed by atoms with Crippen LogP contribution in [0.15, 0.2) is 35.5 Å². The largest absolute Gasteiger partial charge is 0.326 e. The molecule has 1 heterocycles. The molecule has 90 valence electrons. The van der Waals surface area contributed by atoms with Gasteiger partial charge in [0.2, 0.25) is 0 Å². The van der Waals surface area contributed by atoms with Gasteiger partial charge in [0.15, 0.2) is 0 Å². The normalized spacial score (nSPS) is 10.8. The van der Waals surface area contributed by atoms with Gasteiger partial charge in [-0.05, 0) is 23.3 Å². The maximum Gasteiger partial charge on any atom is 0.123 e. The Kier molecular flexibility index (Phi) is 3.81. The van der Waals surface area contributed by atoms with E-state index in [0.29, 0.717) is 6.54 Å². The van der Waals surface area contributed by atoms with Crippen LogP contribution in [0.5, 0.6) is 0 Å². The highest BCUT2D eigenvalue weighted by Gasteiger charge is 2.04. The van der Waals surface area contributed by atoms with E-state index in [2.05, 4.69) is 5.10 Å². The summed E-state index contributed by atoms with van der Waals surface area (Å²) in [6.07, 6.45) is 3.77. The SMILES string of the molecule is Cn1cc(SCc2ccc(F)cc2CN)cn1. The molecule has 1 aromatic carbocycles. The average molecular weight is 251 g/mol. The molecule has 0 radical (unpaired) electrons. The van der Waals surface area contributed by atoms with E-state index in [4.69, 9.17) is 5.73 Å². The molecule has 1 aromatic heterocycles. The third-order valence-electron chi connectivity index (χ3n) is 2.46. The third kappa shape index (κ3) is 3.08. The first-order chi connectivity index (χ1) is 8.19. The van der Waals surface area contributed by atoms with Crippen molar-refractivity contribution < 1.29 is 4.39 Å². The van der Waals surface area contributed by atoms with Crippen molar-refractivity contribution in [1.82, 2.24) is 9.78 Å². The van der Waals surface area contributed by atoms with Crippen molar-refractivity contribution in [3.05, 3.63) is 47.5 Å². The second-order valence-corrected chi connectivity index (χ2v) is 4.80. The molecule has 2 N–H and O–H groups in total. The molecule has 5 heteroatoms. The first-order valence-electron chi connectivity index (χ1n) is 5.28. The van der Waals surface area contributed by atoms with Crippen LogP contribution < -0.4 is 5.73 Å². The number of halogens is 1. The first kappa shape index (κ1) is 12.1. The molecule has 17 heavy (non-hydrogen) atoms. The Hall–Kier alpha value is -1.33. The van der Waals surface area contributed by atoms with E-state index in [-0.39, 0.29) is 5.82 Å². The highest BCUT2D eigenvalue weighted by Crippen LogP contribution is 2.24. The standard InChI is InChI=1S/C12H14FN3S/c1-16-7-12(6-15-16)17-8-9-2-3-11(13)4-10(9)5-14/h2-4,6-7H,5,8,14H2,1H3. The molecule has 0 aliphatic heterocycles. The summed E-state index contributed by atoms with van der Waals surface area (Å²) >= 11 is 1.67. The van der Waals surface area contributed by atoms with E-state index < -0.39 is 0 Å². The van der Waals surface area contributed by atoms with Gasteiger partial charge in [0, 0.05) is 30.4 Å². The fraction of sp³-hybridized carbons (Fsp3) is 0.250. The van der Waals surface area contributed by atoms with Gasteiger partial charge < -0.3 is 5.73 Å². The Morgan fingerprint density at radius 3 is 2.88 bits per heavy atom. The second kappa shape index (κ2) is 5.33. The van der Waals surface area contributed by atoms with Crippen molar-refractivity contribution >= 4 is 11.8 Å². The minimum absolute atomic E-state index is 0.236. The van der Waals surface area contributed by atoms with Gasteiger partial charge in [0.1, 0.15) is 5.82 Å². The molecular formula is C12H14FN3S. The molecule has 0 saturated heterocycles. The lowest BCUT2D eigenvalue weighted by Gasteiger charge is -2.06. The smallest absolute Gasteiger partial charge is 0.123 e. The van der Waals surface area contributed by atoms with Crippen molar-refractivity contribution in [2.24, 2.45) is 12.8 Å². The van der Waals surface area contributed by atoms with Crippen molar-refractivity contribution in [1.29, 1.82) is 0 Å². The van der Waals surface area contributed by atoms with Crippen LogP contribution in [0.25, 0.3) is 0 Å². The maximum absolute atomic E-state index is 13.0. The molecule has 2 aromatic rings. The molecule has 0 spiro atoms. The minimum atomic E-state index is -0.236. The summed E-state index contributed by atoms with van der Waals surface area (Å²) < 4.78 is 14.8. The summed E-state index contributed by atoms with van der Waals surface area (Å²) in [7, 11) is 1.88. The Bertz CT molecular complexity index is 510. The number of benzene rings is 1. The number of rotatable bonds is 4. The predicted octanol–water partition coefficient (Wildman–Crippen LogP) is 2.31. The lowest BCUT2D eigenvalue weighted by molar-refractivity contribution is 0.624. The van der Waals surface area contributed by atoms with Crippen LogP contribution in [-0.4, -0.2) is 9.78 Å². The van der Waals surface area contributed by atoms with Crippen LogP contribution in [-0.2, 0) is 19.3 Å². The van der Waals surface area contributed by atoms with Crippen LogP contribution in [0.4, 0.5) is 4.39 Å². The summed E-state index contributed by atoms with van der Waals surface area (Å²) in [5, 5.41) is 4.10. The van der Waals surface area contributed by atoms with E-state index in [1.165, 1.54) is 12.1 Å². The number of nitrogens with two attached hydrogens (primary N) is 1. The van der Waals surface area contributed by atoms with E-state index in [0.717, 1.165) is 21.8 Å². The summed E-state index contributed by atoms with van der Waals surface area (Å²) in [6, 6.07) is 4.76. The zero-order valence-corrected chi connectivity index (χ0v) is 10.4. The number of nitrogens with zero attached hydrogens (tertiary/aromatic N) is 2. The molecule has 0 atom stereocenters. The Morgan fingerprint density at radius 2 is 2.24 bits per heavy atom.